The van der Waals surface area contributed by atoms with Crippen LogP contribution in [-0.4, -0.2) is 25.7 Å². The molecule has 2 aromatic rings. The summed E-state index contributed by atoms with van der Waals surface area (Å²) in [5.74, 6) is 0.116. The van der Waals surface area contributed by atoms with Crippen LogP contribution >= 0.6 is 0 Å². The van der Waals surface area contributed by atoms with E-state index in [0.29, 0.717) is 5.92 Å². The molecule has 0 amide bonds. The molecular formula is C22H25NO2. The van der Waals surface area contributed by atoms with Crippen LogP contribution in [0.25, 0.3) is 0 Å². The summed E-state index contributed by atoms with van der Waals surface area (Å²) < 4.78 is 4.82. The standard InChI is InChI=1S/C22H25NO2/c1-25-22(24)19-12-13-20(16-19)23-15-14-21(17-8-4-2-5-9-17)18-10-6-3-7-11-18/h2-13,19-21,23H,14-16H2,1H3/t19-,20+/m0/s1. The summed E-state index contributed by atoms with van der Waals surface area (Å²) in [4.78, 5) is 11.6. The number of carbonyl (C=O) groups is 1. The van der Waals surface area contributed by atoms with Gasteiger partial charge in [0.25, 0.3) is 0 Å². The molecule has 2 atom stereocenters. The zero-order chi connectivity index (χ0) is 17.5. The predicted molar refractivity (Wildman–Crippen MR) is 100 cm³/mol. The minimum atomic E-state index is -0.146. The predicted octanol–water partition coefficient (Wildman–Crippen LogP) is 3.92. The van der Waals surface area contributed by atoms with Crippen molar-refractivity contribution in [1.82, 2.24) is 5.32 Å². The number of hydrogen-bond donors (Lipinski definition) is 1. The van der Waals surface area contributed by atoms with Crippen LogP contribution < -0.4 is 5.32 Å². The Hall–Kier alpha value is -2.39. The Bertz CT molecular complexity index is 657. The van der Waals surface area contributed by atoms with Crippen molar-refractivity contribution in [3.05, 3.63) is 83.9 Å². The third-order valence-electron chi connectivity index (χ3n) is 4.83. The zero-order valence-corrected chi connectivity index (χ0v) is 14.6. The maximum absolute atomic E-state index is 11.6. The van der Waals surface area contributed by atoms with Gasteiger partial charge in [-0.05, 0) is 30.5 Å². The Balaban J connectivity index is 1.59. The lowest BCUT2D eigenvalue weighted by atomic mass is 9.88. The minimum absolute atomic E-state index is 0.110. The lowest BCUT2D eigenvalue weighted by Gasteiger charge is -2.20. The summed E-state index contributed by atoms with van der Waals surface area (Å²) >= 11 is 0. The van der Waals surface area contributed by atoms with Crippen LogP contribution in [0.2, 0.25) is 0 Å². The van der Waals surface area contributed by atoms with Crippen molar-refractivity contribution in [3.63, 3.8) is 0 Å². The van der Waals surface area contributed by atoms with E-state index >= 15 is 0 Å². The van der Waals surface area contributed by atoms with E-state index in [1.54, 1.807) is 0 Å². The number of hydrogen-bond acceptors (Lipinski definition) is 3. The molecule has 0 unspecified atom stereocenters. The summed E-state index contributed by atoms with van der Waals surface area (Å²) in [5.41, 5.74) is 2.68. The fourth-order valence-electron chi connectivity index (χ4n) is 3.49. The second-order valence-corrected chi connectivity index (χ2v) is 6.47. The largest absolute Gasteiger partial charge is 0.469 e. The normalized spacial score (nSPS) is 19.3. The molecule has 0 aromatic heterocycles. The van der Waals surface area contributed by atoms with E-state index in [-0.39, 0.29) is 17.9 Å². The van der Waals surface area contributed by atoms with Crippen molar-refractivity contribution in [2.75, 3.05) is 13.7 Å². The Labute approximate surface area is 149 Å². The Morgan fingerprint density at radius 1 is 1.04 bits per heavy atom. The molecule has 25 heavy (non-hydrogen) atoms. The molecule has 0 heterocycles. The molecule has 1 N–H and O–H groups in total. The topological polar surface area (TPSA) is 38.3 Å². The number of nitrogens with one attached hydrogen (secondary N) is 1. The van der Waals surface area contributed by atoms with E-state index < -0.39 is 0 Å². The van der Waals surface area contributed by atoms with Crippen LogP contribution in [0.4, 0.5) is 0 Å². The van der Waals surface area contributed by atoms with Gasteiger partial charge in [0.1, 0.15) is 0 Å². The molecule has 0 aliphatic heterocycles. The molecule has 3 rings (SSSR count). The van der Waals surface area contributed by atoms with Crippen LogP contribution in [0.3, 0.4) is 0 Å². The molecule has 0 radical (unpaired) electrons. The number of esters is 1. The van der Waals surface area contributed by atoms with Crippen molar-refractivity contribution in [1.29, 1.82) is 0 Å². The highest BCUT2D eigenvalue weighted by atomic mass is 16.5. The Morgan fingerprint density at radius 2 is 1.64 bits per heavy atom. The van der Waals surface area contributed by atoms with Gasteiger partial charge in [0, 0.05) is 12.0 Å². The van der Waals surface area contributed by atoms with Crippen molar-refractivity contribution < 1.29 is 9.53 Å². The molecule has 0 bridgehead atoms. The van der Waals surface area contributed by atoms with Crippen LogP contribution in [-0.2, 0) is 9.53 Å². The highest BCUT2D eigenvalue weighted by molar-refractivity contribution is 5.75. The SMILES string of the molecule is COC(=O)[C@H]1C=C[C@@H](NCCC(c2ccccc2)c2ccccc2)C1. The number of rotatable bonds is 7. The summed E-state index contributed by atoms with van der Waals surface area (Å²) in [6, 6.07) is 21.5. The number of methoxy groups -OCH3 is 1. The Kier molecular flexibility index (Phi) is 6.02. The Morgan fingerprint density at radius 3 is 2.20 bits per heavy atom. The lowest BCUT2D eigenvalue weighted by molar-refractivity contribution is -0.143. The first kappa shape index (κ1) is 17.4. The van der Waals surface area contributed by atoms with Gasteiger partial charge < -0.3 is 10.1 Å². The lowest BCUT2D eigenvalue weighted by Crippen LogP contribution is -2.29. The minimum Gasteiger partial charge on any atom is -0.469 e. The zero-order valence-electron chi connectivity index (χ0n) is 14.6. The van der Waals surface area contributed by atoms with Gasteiger partial charge in [-0.2, -0.15) is 0 Å². The maximum Gasteiger partial charge on any atom is 0.312 e. The molecule has 3 nitrogen and oxygen atoms in total. The molecule has 0 saturated heterocycles. The van der Waals surface area contributed by atoms with Gasteiger partial charge in [-0.15, -0.1) is 0 Å². The van der Waals surface area contributed by atoms with Crippen LogP contribution in [0.5, 0.6) is 0 Å². The second kappa shape index (κ2) is 8.63. The average Bonchev–Trinajstić information content (AvgIpc) is 3.15. The van der Waals surface area contributed by atoms with Gasteiger partial charge in [-0.25, -0.2) is 0 Å². The van der Waals surface area contributed by atoms with Gasteiger partial charge in [-0.3, -0.25) is 4.79 Å². The fraction of sp³-hybridized carbons (Fsp3) is 0.318. The number of benzene rings is 2. The van der Waals surface area contributed by atoms with Crippen LogP contribution in [0.15, 0.2) is 72.8 Å². The quantitative estimate of drug-likeness (QED) is 0.616. The van der Waals surface area contributed by atoms with Crippen molar-refractivity contribution in [2.45, 2.75) is 24.8 Å². The first-order valence-corrected chi connectivity index (χ1v) is 8.87. The second-order valence-electron chi connectivity index (χ2n) is 6.47. The van der Waals surface area contributed by atoms with Gasteiger partial charge in [0.2, 0.25) is 0 Å². The molecule has 1 aliphatic rings. The van der Waals surface area contributed by atoms with Crippen molar-refractivity contribution in [3.8, 4) is 0 Å². The van der Waals surface area contributed by atoms with Crippen molar-refractivity contribution in [2.24, 2.45) is 5.92 Å². The number of carbonyl (C=O) groups excluding carboxylic acids is 1. The van der Waals surface area contributed by atoms with E-state index in [9.17, 15) is 4.79 Å². The van der Waals surface area contributed by atoms with Gasteiger partial charge in [-0.1, -0.05) is 72.8 Å². The molecular weight excluding hydrogens is 310 g/mol. The molecule has 1 aliphatic carbocycles. The van der Waals surface area contributed by atoms with E-state index in [0.717, 1.165) is 19.4 Å². The van der Waals surface area contributed by atoms with Gasteiger partial charge in [0.15, 0.2) is 0 Å². The van der Waals surface area contributed by atoms with Crippen LogP contribution in [0.1, 0.15) is 29.9 Å². The van der Waals surface area contributed by atoms with Crippen LogP contribution in [0, 0.1) is 5.92 Å². The van der Waals surface area contributed by atoms with E-state index in [1.165, 1.54) is 18.2 Å². The fourth-order valence-corrected chi connectivity index (χ4v) is 3.49. The summed E-state index contributed by atoms with van der Waals surface area (Å²) in [7, 11) is 1.45. The first-order chi connectivity index (χ1) is 12.3. The number of ether oxygens (including phenoxy) is 1. The summed E-state index contributed by atoms with van der Waals surface area (Å²) in [6.45, 7) is 0.900. The first-order valence-electron chi connectivity index (χ1n) is 8.87. The van der Waals surface area contributed by atoms with Crippen molar-refractivity contribution >= 4 is 5.97 Å². The molecule has 0 fully saturated rings. The monoisotopic (exact) mass is 335 g/mol. The molecule has 0 spiro atoms. The molecule has 3 heteroatoms. The average molecular weight is 335 g/mol. The highest BCUT2D eigenvalue weighted by Gasteiger charge is 2.25. The molecule has 130 valence electrons. The smallest absolute Gasteiger partial charge is 0.312 e. The highest BCUT2D eigenvalue weighted by Crippen LogP contribution is 2.27. The summed E-state index contributed by atoms with van der Waals surface area (Å²) in [6.07, 6.45) is 5.84. The summed E-state index contributed by atoms with van der Waals surface area (Å²) in [5, 5.41) is 3.57. The molecule has 2 aromatic carbocycles. The van der Waals surface area contributed by atoms with Gasteiger partial charge in [0.05, 0.1) is 13.0 Å². The van der Waals surface area contributed by atoms with Gasteiger partial charge >= 0.3 is 5.97 Å². The third-order valence-corrected chi connectivity index (χ3v) is 4.83. The maximum atomic E-state index is 11.6. The van der Waals surface area contributed by atoms with E-state index in [4.69, 9.17) is 4.74 Å². The van der Waals surface area contributed by atoms with E-state index in [2.05, 4.69) is 72.1 Å². The third kappa shape index (κ3) is 4.58. The molecule has 0 saturated carbocycles. The van der Waals surface area contributed by atoms with E-state index in [1.807, 2.05) is 6.08 Å².